The second kappa shape index (κ2) is 20.8. The van der Waals surface area contributed by atoms with Gasteiger partial charge in [-0.15, -0.1) is 0 Å². The molecule has 0 amide bonds. The van der Waals surface area contributed by atoms with Gasteiger partial charge in [-0.1, -0.05) is 26.2 Å². The molecule has 0 aliphatic carbocycles. The molecule has 0 heterocycles. The number of rotatable bonds is 15. The molecule has 0 aromatic heterocycles. The highest BCUT2D eigenvalue weighted by molar-refractivity contribution is 6.03. The van der Waals surface area contributed by atoms with Gasteiger partial charge in [0, 0.05) is 26.1 Å². The van der Waals surface area contributed by atoms with E-state index in [-0.39, 0.29) is 31.6 Å². The summed E-state index contributed by atoms with van der Waals surface area (Å²) >= 11 is 0. The van der Waals surface area contributed by atoms with Crippen LogP contribution in [0.1, 0.15) is 95.8 Å². The number of carboxylic acid groups (broad SMARTS) is 5. The van der Waals surface area contributed by atoms with E-state index >= 15 is 0 Å². The molecule has 1 aromatic rings. The van der Waals surface area contributed by atoms with Crippen LogP contribution in [0, 0.1) is 5.92 Å². The molecule has 0 radical (unpaired) electrons. The molecule has 0 saturated heterocycles. The SMILES string of the molecule is CC(CCO)CCO.O=C(O)CCCCCCCC(=O)O.O=C(O)c1ccc(C(=O)O)c(C(=O)O)c1. The highest BCUT2D eigenvalue weighted by Crippen LogP contribution is 2.12. The molecule has 1 aromatic carbocycles. The first-order chi connectivity index (χ1) is 16.9. The van der Waals surface area contributed by atoms with E-state index in [0.29, 0.717) is 18.8 Å². The number of aromatic carboxylic acids is 3. The first-order valence-electron chi connectivity index (χ1n) is 11.4. The van der Waals surface area contributed by atoms with E-state index < -0.39 is 41.0 Å². The summed E-state index contributed by atoms with van der Waals surface area (Å²) in [6.45, 7) is 2.49. The van der Waals surface area contributed by atoms with E-state index in [1.807, 2.05) is 6.92 Å². The number of carbonyl (C=O) groups is 5. The van der Waals surface area contributed by atoms with Gasteiger partial charge in [-0.3, -0.25) is 9.59 Å². The van der Waals surface area contributed by atoms with Gasteiger partial charge in [-0.05, 0) is 49.8 Å². The molecule has 0 aliphatic rings. The van der Waals surface area contributed by atoms with Crippen LogP contribution in [0.3, 0.4) is 0 Å². The standard InChI is InChI=1S/C9H6O6.C9H16O4.C6H14O2/c10-7(11)4-1-2-5(8(12)13)6(3-4)9(14)15;10-8(11)6-4-2-1-3-5-7-9(12)13;1-6(2-4-7)3-5-8/h1-3H,(H,10,11)(H,12,13)(H,14,15);1-7H2,(H,10,11)(H,12,13);6-8H,2-5H2,1H3. The van der Waals surface area contributed by atoms with Gasteiger partial charge in [0.15, 0.2) is 0 Å². The van der Waals surface area contributed by atoms with Crippen LogP contribution in [0.15, 0.2) is 18.2 Å². The van der Waals surface area contributed by atoms with Crippen LogP contribution in [0.2, 0.25) is 0 Å². The van der Waals surface area contributed by atoms with Crippen molar-refractivity contribution in [2.24, 2.45) is 5.92 Å². The normalized spacial score (nSPS) is 9.89. The van der Waals surface area contributed by atoms with Crippen molar-refractivity contribution in [1.82, 2.24) is 0 Å². The fourth-order valence-electron chi connectivity index (χ4n) is 2.71. The Bertz CT molecular complexity index is 810. The molecule has 12 nitrogen and oxygen atoms in total. The lowest BCUT2D eigenvalue weighted by molar-refractivity contribution is -0.138. The summed E-state index contributed by atoms with van der Waals surface area (Å²) in [6, 6.07) is 2.81. The van der Waals surface area contributed by atoms with Gasteiger partial charge in [0.1, 0.15) is 0 Å². The Balaban J connectivity index is 0. The number of carboxylic acids is 5. The molecule has 0 bridgehead atoms. The predicted octanol–water partition coefficient (Wildman–Crippen LogP) is 3.05. The minimum Gasteiger partial charge on any atom is -0.481 e. The Kier molecular flexibility index (Phi) is 20.1. The molecule has 0 aliphatic heterocycles. The number of unbranched alkanes of at least 4 members (excludes halogenated alkanes) is 4. The average Bonchev–Trinajstić information content (AvgIpc) is 2.78. The van der Waals surface area contributed by atoms with E-state index in [9.17, 15) is 24.0 Å². The molecule has 12 heteroatoms. The van der Waals surface area contributed by atoms with Crippen LogP contribution in [0.5, 0.6) is 0 Å². The summed E-state index contributed by atoms with van der Waals surface area (Å²) in [4.78, 5) is 52.0. The van der Waals surface area contributed by atoms with Crippen molar-refractivity contribution in [1.29, 1.82) is 0 Å². The van der Waals surface area contributed by atoms with Crippen molar-refractivity contribution >= 4 is 29.8 Å². The van der Waals surface area contributed by atoms with E-state index in [2.05, 4.69) is 0 Å². The predicted molar refractivity (Wildman–Crippen MR) is 127 cm³/mol. The zero-order chi connectivity index (χ0) is 28.1. The molecule has 0 atom stereocenters. The quantitative estimate of drug-likeness (QED) is 0.167. The highest BCUT2D eigenvalue weighted by Gasteiger charge is 2.18. The number of aliphatic carboxylic acids is 2. The van der Waals surface area contributed by atoms with Crippen molar-refractivity contribution in [3.05, 3.63) is 34.9 Å². The van der Waals surface area contributed by atoms with Gasteiger partial charge in [0.05, 0.1) is 16.7 Å². The third-order valence-electron chi connectivity index (χ3n) is 4.75. The van der Waals surface area contributed by atoms with Crippen molar-refractivity contribution < 1.29 is 59.7 Å². The molecule has 1 rings (SSSR count). The minimum absolute atomic E-state index is 0.221. The number of aliphatic hydroxyl groups excluding tert-OH is 2. The van der Waals surface area contributed by atoms with Crippen molar-refractivity contribution in [3.63, 3.8) is 0 Å². The first kappa shape index (κ1) is 34.7. The number of aliphatic hydroxyl groups is 2. The largest absolute Gasteiger partial charge is 0.481 e. The average molecular weight is 517 g/mol. The van der Waals surface area contributed by atoms with Gasteiger partial charge >= 0.3 is 29.8 Å². The van der Waals surface area contributed by atoms with E-state index in [1.54, 1.807) is 0 Å². The number of hydrogen-bond donors (Lipinski definition) is 7. The molecule has 0 fully saturated rings. The second-order valence-electron chi connectivity index (χ2n) is 7.86. The molecule has 7 N–H and O–H groups in total. The third kappa shape index (κ3) is 18.9. The Morgan fingerprint density at radius 1 is 0.639 bits per heavy atom. The van der Waals surface area contributed by atoms with E-state index in [4.69, 9.17) is 35.7 Å². The maximum atomic E-state index is 10.6. The van der Waals surface area contributed by atoms with Crippen molar-refractivity contribution in [2.45, 2.75) is 64.7 Å². The summed E-state index contributed by atoms with van der Waals surface area (Å²) in [5, 5.41) is 59.3. The highest BCUT2D eigenvalue weighted by atomic mass is 16.4. The molecule has 0 saturated carbocycles. The molecule has 36 heavy (non-hydrogen) atoms. The molecular weight excluding hydrogens is 480 g/mol. The minimum atomic E-state index is -1.48. The van der Waals surface area contributed by atoms with E-state index in [0.717, 1.165) is 50.3 Å². The molecule has 0 spiro atoms. The fourth-order valence-corrected chi connectivity index (χ4v) is 2.71. The topological polar surface area (TPSA) is 227 Å². The number of hydrogen-bond acceptors (Lipinski definition) is 7. The number of benzene rings is 1. The summed E-state index contributed by atoms with van der Waals surface area (Å²) in [6.07, 6.45) is 6.14. The smallest absolute Gasteiger partial charge is 0.336 e. The summed E-state index contributed by atoms with van der Waals surface area (Å²) in [5.41, 5.74) is -1.24. The van der Waals surface area contributed by atoms with Gasteiger partial charge in [0.25, 0.3) is 0 Å². The van der Waals surface area contributed by atoms with Crippen LogP contribution >= 0.6 is 0 Å². The monoisotopic (exact) mass is 516 g/mol. The van der Waals surface area contributed by atoms with Crippen LogP contribution in [-0.4, -0.2) is 78.8 Å². The summed E-state index contributed by atoms with van der Waals surface area (Å²) in [5.74, 6) is -5.25. The van der Waals surface area contributed by atoms with Crippen molar-refractivity contribution in [2.75, 3.05) is 13.2 Å². The van der Waals surface area contributed by atoms with Crippen molar-refractivity contribution in [3.8, 4) is 0 Å². The van der Waals surface area contributed by atoms with E-state index in [1.165, 1.54) is 0 Å². The Morgan fingerprint density at radius 2 is 1.06 bits per heavy atom. The van der Waals surface area contributed by atoms with Gasteiger partial charge in [0.2, 0.25) is 0 Å². The summed E-state index contributed by atoms with van der Waals surface area (Å²) in [7, 11) is 0. The Labute approximate surface area is 208 Å². The second-order valence-corrected chi connectivity index (χ2v) is 7.86. The zero-order valence-electron chi connectivity index (χ0n) is 20.3. The van der Waals surface area contributed by atoms with Crippen LogP contribution in [0.4, 0.5) is 0 Å². The Hall–Kier alpha value is -3.51. The molecule has 204 valence electrons. The third-order valence-corrected chi connectivity index (χ3v) is 4.75. The van der Waals surface area contributed by atoms with Crippen LogP contribution in [-0.2, 0) is 9.59 Å². The lowest BCUT2D eigenvalue weighted by Gasteiger charge is -2.04. The molecule has 0 unspecified atom stereocenters. The van der Waals surface area contributed by atoms with Crippen LogP contribution < -0.4 is 0 Å². The lowest BCUT2D eigenvalue weighted by atomic mass is 10.0. The lowest BCUT2D eigenvalue weighted by Crippen LogP contribution is -2.10. The Morgan fingerprint density at radius 3 is 1.39 bits per heavy atom. The van der Waals surface area contributed by atoms with Gasteiger partial charge in [-0.25, -0.2) is 14.4 Å². The summed E-state index contributed by atoms with van der Waals surface area (Å²) < 4.78 is 0. The zero-order valence-corrected chi connectivity index (χ0v) is 20.3. The fraction of sp³-hybridized carbons (Fsp3) is 0.542. The van der Waals surface area contributed by atoms with Gasteiger partial charge < -0.3 is 35.7 Å². The first-order valence-corrected chi connectivity index (χ1v) is 11.4. The van der Waals surface area contributed by atoms with Crippen LogP contribution in [0.25, 0.3) is 0 Å². The maximum Gasteiger partial charge on any atom is 0.336 e. The van der Waals surface area contributed by atoms with Gasteiger partial charge in [-0.2, -0.15) is 0 Å². The molecular formula is C24H36O12. The maximum absolute atomic E-state index is 10.6.